The first-order valence-corrected chi connectivity index (χ1v) is 4.56. The number of aromatic nitrogens is 2. The lowest BCUT2D eigenvalue weighted by Gasteiger charge is -2.04. The minimum Gasteiger partial charge on any atom is -0.389 e. The van der Waals surface area contributed by atoms with Crippen LogP contribution in [0.1, 0.15) is 18.6 Å². The molecular formula is C11H12N2O. The summed E-state index contributed by atoms with van der Waals surface area (Å²) < 4.78 is 0. The standard InChI is InChI=1S/C11H12N2O/c1-8(14)10-7-12-13-11(10)9-5-3-2-4-6-9/h2-8,14H,1H3,(H,12,13)/t8-/m0/s1. The molecule has 1 aromatic heterocycles. The summed E-state index contributed by atoms with van der Waals surface area (Å²) in [6, 6.07) is 9.85. The molecule has 2 N–H and O–H groups in total. The molecule has 0 saturated carbocycles. The average molecular weight is 188 g/mol. The number of aliphatic hydroxyl groups is 1. The van der Waals surface area contributed by atoms with E-state index >= 15 is 0 Å². The van der Waals surface area contributed by atoms with Crippen molar-refractivity contribution >= 4 is 0 Å². The minimum absolute atomic E-state index is 0.496. The molecule has 0 fully saturated rings. The van der Waals surface area contributed by atoms with Gasteiger partial charge in [-0.05, 0) is 12.5 Å². The lowest BCUT2D eigenvalue weighted by Crippen LogP contribution is -1.91. The summed E-state index contributed by atoms with van der Waals surface area (Å²) in [4.78, 5) is 0. The van der Waals surface area contributed by atoms with E-state index in [1.165, 1.54) is 0 Å². The molecule has 0 amide bonds. The molecule has 14 heavy (non-hydrogen) atoms. The van der Waals surface area contributed by atoms with Crippen LogP contribution in [-0.4, -0.2) is 15.3 Å². The zero-order valence-electron chi connectivity index (χ0n) is 7.94. The Morgan fingerprint density at radius 3 is 2.64 bits per heavy atom. The molecule has 3 heteroatoms. The minimum atomic E-state index is -0.496. The first kappa shape index (κ1) is 8.97. The summed E-state index contributed by atoms with van der Waals surface area (Å²) in [5.41, 5.74) is 2.76. The maximum absolute atomic E-state index is 9.49. The summed E-state index contributed by atoms with van der Waals surface area (Å²) in [6.07, 6.45) is 1.16. The molecule has 0 unspecified atom stereocenters. The molecule has 3 nitrogen and oxygen atoms in total. The van der Waals surface area contributed by atoms with Gasteiger partial charge in [0.25, 0.3) is 0 Å². The lowest BCUT2D eigenvalue weighted by molar-refractivity contribution is 0.200. The molecule has 72 valence electrons. The van der Waals surface area contributed by atoms with Gasteiger partial charge in [-0.3, -0.25) is 5.10 Å². The van der Waals surface area contributed by atoms with Crippen LogP contribution in [0.5, 0.6) is 0 Å². The Labute approximate surface area is 82.4 Å². The molecule has 0 saturated heterocycles. The van der Waals surface area contributed by atoms with Crippen molar-refractivity contribution < 1.29 is 5.11 Å². The van der Waals surface area contributed by atoms with Gasteiger partial charge in [0, 0.05) is 5.56 Å². The predicted molar refractivity (Wildman–Crippen MR) is 54.7 cm³/mol. The van der Waals surface area contributed by atoms with Gasteiger partial charge in [0.05, 0.1) is 18.0 Å². The van der Waals surface area contributed by atoms with Crippen molar-refractivity contribution in [2.75, 3.05) is 0 Å². The number of nitrogens with zero attached hydrogens (tertiary/aromatic N) is 1. The van der Waals surface area contributed by atoms with E-state index in [1.807, 2.05) is 30.3 Å². The number of rotatable bonds is 2. The van der Waals surface area contributed by atoms with E-state index < -0.39 is 6.10 Å². The molecule has 1 aromatic carbocycles. The van der Waals surface area contributed by atoms with Crippen LogP contribution in [0.3, 0.4) is 0 Å². The van der Waals surface area contributed by atoms with E-state index in [9.17, 15) is 5.11 Å². The van der Waals surface area contributed by atoms with Crippen LogP contribution >= 0.6 is 0 Å². The van der Waals surface area contributed by atoms with Crippen molar-refractivity contribution in [2.24, 2.45) is 0 Å². The predicted octanol–water partition coefficient (Wildman–Crippen LogP) is 2.13. The van der Waals surface area contributed by atoms with Gasteiger partial charge in [0.1, 0.15) is 0 Å². The fraction of sp³-hybridized carbons (Fsp3) is 0.182. The molecule has 1 atom stereocenters. The van der Waals surface area contributed by atoms with Crippen LogP contribution in [0, 0.1) is 0 Å². The van der Waals surface area contributed by atoms with Crippen LogP contribution in [0.25, 0.3) is 11.3 Å². The number of aliphatic hydroxyl groups excluding tert-OH is 1. The molecule has 0 spiro atoms. The number of hydrogen-bond donors (Lipinski definition) is 2. The topological polar surface area (TPSA) is 48.9 Å². The molecule has 2 rings (SSSR count). The van der Waals surface area contributed by atoms with Crippen LogP contribution in [0.2, 0.25) is 0 Å². The lowest BCUT2D eigenvalue weighted by atomic mass is 10.1. The van der Waals surface area contributed by atoms with Gasteiger partial charge in [0.2, 0.25) is 0 Å². The normalized spacial score (nSPS) is 12.7. The third-order valence-electron chi connectivity index (χ3n) is 2.18. The van der Waals surface area contributed by atoms with Crippen LogP contribution in [0.4, 0.5) is 0 Å². The third-order valence-corrected chi connectivity index (χ3v) is 2.18. The van der Waals surface area contributed by atoms with Crippen LogP contribution in [-0.2, 0) is 0 Å². The molecule has 0 bridgehead atoms. The molecule has 0 aliphatic rings. The zero-order valence-corrected chi connectivity index (χ0v) is 7.94. The maximum Gasteiger partial charge on any atom is 0.0798 e. The van der Waals surface area contributed by atoms with Crippen molar-refractivity contribution in [3.63, 3.8) is 0 Å². The number of nitrogens with one attached hydrogen (secondary N) is 1. The highest BCUT2D eigenvalue weighted by molar-refractivity contribution is 5.62. The first-order valence-electron chi connectivity index (χ1n) is 4.56. The SMILES string of the molecule is C[C@H](O)c1cn[nH]c1-c1ccccc1. The van der Waals surface area contributed by atoms with Gasteiger partial charge < -0.3 is 5.11 Å². The van der Waals surface area contributed by atoms with E-state index in [-0.39, 0.29) is 0 Å². The Kier molecular flexibility index (Phi) is 2.33. The average Bonchev–Trinajstić information content (AvgIpc) is 2.67. The monoisotopic (exact) mass is 188 g/mol. The second kappa shape index (κ2) is 3.64. The second-order valence-corrected chi connectivity index (χ2v) is 3.24. The highest BCUT2D eigenvalue weighted by Crippen LogP contribution is 2.25. The van der Waals surface area contributed by atoms with E-state index in [0.29, 0.717) is 0 Å². The van der Waals surface area contributed by atoms with Gasteiger partial charge in [-0.1, -0.05) is 30.3 Å². The summed E-state index contributed by atoms with van der Waals surface area (Å²) >= 11 is 0. The number of hydrogen-bond acceptors (Lipinski definition) is 2. The Morgan fingerprint density at radius 2 is 2.00 bits per heavy atom. The van der Waals surface area contributed by atoms with Gasteiger partial charge >= 0.3 is 0 Å². The maximum atomic E-state index is 9.49. The summed E-state index contributed by atoms with van der Waals surface area (Å²) in [5, 5.41) is 16.3. The second-order valence-electron chi connectivity index (χ2n) is 3.24. The van der Waals surface area contributed by atoms with Crippen LogP contribution in [0.15, 0.2) is 36.5 Å². The molecule has 0 aliphatic heterocycles. The fourth-order valence-corrected chi connectivity index (χ4v) is 1.45. The Morgan fingerprint density at radius 1 is 1.29 bits per heavy atom. The largest absolute Gasteiger partial charge is 0.389 e. The van der Waals surface area contributed by atoms with Crippen LogP contribution < -0.4 is 0 Å². The Balaban J connectivity index is 2.47. The van der Waals surface area contributed by atoms with E-state index in [1.54, 1.807) is 13.1 Å². The van der Waals surface area contributed by atoms with E-state index in [2.05, 4.69) is 10.2 Å². The Bertz CT molecular complexity index is 406. The van der Waals surface area contributed by atoms with Crippen molar-refractivity contribution in [3.8, 4) is 11.3 Å². The van der Waals surface area contributed by atoms with Gasteiger partial charge in [-0.2, -0.15) is 5.10 Å². The van der Waals surface area contributed by atoms with Crippen molar-refractivity contribution in [3.05, 3.63) is 42.1 Å². The molecule has 0 radical (unpaired) electrons. The Hall–Kier alpha value is -1.61. The van der Waals surface area contributed by atoms with E-state index in [0.717, 1.165) is 16.8 Å². The van der Waals surface area contributed by atoms with E-state index in [4.69, 9.17) is 0 Å². The van der Waals surface area contributed by atoms with Crippen molar-refractivity contribution in [2.45, 2.75) is 13.0 Å². The number of benzene rings is 1. The number of aromatic amines is 1. The fourth-order valence-electron chi connectivity index (χ4n) is 1.45. The van der Waals surface area contributed by atoms with Crippen molar-refractivity contribution in [1.82, 2.24) is 10.2 Å². The third kappa shape index (κ3) is 1.54. The zero-order chi connectivity index (χ0) is 9.97. The quantitative estimate of drug-likeness (QED) is 0.758. The highest BCUT2D eigenvalue weighted by Gasteiger charge is 2.10. The molecule has 2 aromatic rings. The number of H-pyrrole nitrogens is 1. The van der Waals surface area contributed by atoms with Gasteiger partial charge in [-0.15, -0.1) is 0 Å². The van der Waals surface area contributed by atoms with Gasteiger partial charge in [-0.25, -0.2) is 0 Å². The summed E-state index contributed by atoms with van der Waals surface area (Å²) in [5.74, 6) is 0. The summed E-state index contributed by atoms with van der Waals surface area (Å²) in [6.45, 7) is 1.73. The molecule has 0 aliphatic carbocycles. The molecular weight excluding hydrogens is 176 g/mol. The molecule has 1 heterocycles. The smallest absolute Gasteiger partial charge is 0.0798 e. The van der Waals surface area contributed by atoms with Crippen molar-refractivity contribution in [1.29, 1.82) is 0 Å². The highest BCUT2D eigenvalue weighted by atomic mass is 16.3. The summed E-state index contributed by atoms with van der Waals surface area (Å²) in [7, 11) is 0. The first-order chi connectivity index (χ1) is 6.79. The van der Waals surface area contributed by atoms with Gasteiger partial charge in [0.15, 0.2) is 0 Å².